The lowest BCUT2D eigenvalue weighted by Gasteiger charge is -2.13. The minimum Gasteiger partial charge on any atom is -0.465 e. The average Bonchev–Trinajstić information content (AvgIpc) is 3.60. The number of benzene rings is 1. The molecular formula is C26H27ClN4O3S3. The lowest BCUT2D eigenvalue weighted by atomic mass is 10.0. The number of hydrogen-bond acceptors (Lipinski definition) is 8. The van der Waals surface area contributed by atoms with Crippen LogP contribution in [-0.4, -0.2) is 39.5 Å². The quantitative estimate of drug-likeness (QED) is 0.163. The second-order valence-corrected chi connectivity index (χ2v) is 12.1. The summed E-state index contributed by atoms with van der Waals surface area (Å²) in [5.41, 5.74) is 2.83. The lowest BCUT2D eigenvalue weighted by molar-refractivity contribution is -0.113. The first-order valence-electron chi connectivity index (χ1n) is 11.6. The van der Waals surface area contributed by atoms with E-state index in [1.54, 1.807) is 23.5 Å². The number of nitrogens with one attached hydrogen (secondary N) is 1. The molecule has 0 aliphatic heterocycles. The van der Waals surface area contributed by atoms with E-state index >= 15 is 0 Å². The number of thiophene rings is 2. The first-order chi connectivity index (χ1) is 17.7. The molecular weight excluding hydrogens is 548 g/mol. The Morgan fingerprint density at radius 2 is 1.81 bits per heavy atom. The van der Waals surface area contributed by atoms with Crippen molar-refractivity contribution < 1.29 is 14.3 Å². The van der Waals surface area contributed by atoms with Crippen molar-refractivity contribution in [1.82, 2.24) is 14.8 Å². The number of thioether (sulfide) groups is 1. The largest absolute Gasteiger partial charge is 0.465 e. The molecule has 1 N–H and O–H groups in total. The van der Waals surface area contributed by atoms with Crippen LogP contribution in [-0.2, 0) is 9.53 Å². The number of nitrogens with zero attached hydrogens (tertiary/aromatic N) is 3. The predicted octanol–water partition coefficient (Wildman–Crippen LogP) is 7.61. The summed E-state index contributed by atoms with van der Waals surface area (Å²) in [4.78, 5) is 26.8. The van der Waals surface area contributed by atoms with E-state index in [4.69, 9.17) is 16.3 Å². The Hall–Kier alpha value is -2.66. The SMILES string of the molecule is COC(=O)c1c(-c2ccc(Cl)cc2)csc1NC(=O)CSc1nnc(-c2csc(C(C)C)c2)n1C(C)C. The van der Waals surface area contributed by atoms with Crippen molar-refractivity contribution in [2.45, 2.75) is 44.8 Å². The maximum Gasteiger partial charge on any atom is 0.341 e. The Kier molecular flexibility index (Phi) is 8.74. The highest BCUT2D eigenvalue weighted by atomic mass is 35.5. The normalized spacial score (nSPS) is 11.4. The number of carbonyl (C=O) groups is 2. The van der Waals surface area contributed by atoms with Gasteiger partial charge in [-0.25, -0.2) is 4.79 Å². The van der Waals surface area contributed by atoms with Gasteiger partial charge in [0.1, 0.15) is 10.6 Å². The van der Waals surface area contributed by atoms with Crippen molar-refractivity contribution in [2.24, 2.45) is 0 Å². The molecule has 0 radical (unpaired) electrons. The third kappa shape index (κ3) is 6.09. The summed E-state index contributed by atoms with van der Waals surface area (Å²) in [6.07, 6.45) is 0. The summed E-state index contributed by atoms with van der Waals surface area (Å²) in [6, 6.07) is 9.43. The molecule has 1 aromatic carbocycles. The number of halogens is 1. The highest BCUT2D eigenvalue weighted by molar-refractivity contribution is 7.99. The second-order valence-electron chi connectivity index (χ2n) is 8.85. The number of hydrogen-bond donors (Lipinski definition) is 1. The Labute approximate surface area is 233 Å². The third-order valence-electron chi connectivity index (χ3n) is 5.55. The Morgan fingerprint density at radius 3 is 2.43 bits per heavy atom. The molecule has 3 aromatic heterocycles. The molecule has 4 aromatic rings. The maximum absolute atomic E-state index is 12.9. The first-order valence-corrected chi connectivity index (χ1v) is 14.7. The van der Waals surface area contributed by atoms with E-state index in [0.717, 1.165) is 17.0 Å². The van der Waals surface area contributed by atoms with Crippen LogP contribution in [0.15, 0.2) is 46.2 Å². The van der Waals surface area contributed by atoms with Gasteiger partial charge >= 0.3 is 5.97 Å². The van der Waals surface area contributed by atoms with Gasteiger partial charge in [0, 0.05) is 37.8 Å². The standard InChI is InChI=1S/C26H27ClN4O3S3/c1-14(2)20-10-17(11-35-20)23-29-30-26(31(23)15(3)4)37-13-21(32)28-24-22(25(33)34-5)19(12-36-24)16-6-8-18(27)9-7-16/h6-12,14-15H,13H2,1-5H3,(H,28,32). The third-order valence-corrected chi connectivity index (χ3v) is 8.87. The minimum absolute atomic E-state index is 0.112. The molecule has 37 heavy (non-hydrogen) atoms. The number of esters is 1. The van der Waals surface area contributed by atoms with Crippen LogP contribution in [0.2, 0.25) is 5.02 Å². The number of amides is 1. The van der Waals surface area contributed by atoms with Crippen molar-refractivity contribution in [1.29, 1.82) is 0 Å². The molecule has 1 amide bonds. The molecule has 3 heterocycles. The van der Waals surface area contributed by atoms with E-state index in [0.29, 0.717) is 32.2 Å². The second kappa shape index (κ2) is 11.8. The van der Waals surface area contributed by atoms with Crippen LogP contribution in [0.1, 0.15) is 54.9 Å². The highest BCUT2D eigenvalue weighted by Crippen LogP contribution is 2.37. The van der Waals surface area contributed by atoms with Crippen LogP contribution in [0, 0.1) is 0 Å². The van der Waals surface area contributed by atoms with Crippen LogP contribution in [0.4, 0.5) is 5.00 Å². The fraction of sp³-hybridized carbons (Fsp3) is 0.308. The van der Waals surface area contributed by atoms with E-state index in [2.05, 4.69) is 54.7 Å². The molecule has 0 unspecified atom stereocenters. The van der Waals surface area contributed by atoms with Gasteiger partial charge < -0.3 is 10.1 Å². The van der Waals surface area contributed by atoms with Crippen molar-refractivity contribution >= 4 is 62.9 Å². The molecule has 11 heteroatoms. The molecule has 0 saturated heterocycles. The fourth-order valence-electron chi connectivity index (χ4n) is 3.70. The molecule has 194 valence electrons. The Balaban J connectivity index is 1.52. The molecule has 7 nitrogen and oxygen atoms in total. The fourth-order valence-corrected chi connectivity index (χ4v) is 6.57. The van der Waals surface area contributed by atoms with Gasteiger partial charge in [-0.05, 0) is 43.5 Å². The summed E-state index contributed by atoms with van der Waals surface area (Å²) in [5, 5.41) is 17.3. The van der Waals surface area contributed by atoms with Crippen LogP contribution in [0.25, 0.3) is 22.5 Å². The van der Waals surface area contributed by atoms with Crippen molar-refractivity contribution in [2.75, 3.05) is 18.2 Å². The number of ether oxygens (including phenoxy) is 1. The summed E-state index contributed by atoms with van der Waals surface area (Å²) in [5.74, 6) is 0.575. The molecule has 0 fully saturated rings. The van der Waals surface area contributed by atoms with E-state index in [9.17, 15) is 9.59 Å². The molecule has 0 spiro atoms. The molecule has 0 atom stereocenters. The molecule has 0 bridgehead atoms. The number of anilines is 1. The van der Waals surface area contributed by atoms with Crippen molar-refractivity contribution in [3.8, 4) is 22.5 Å². The summed E-state index contributed by atoms with van der Waals surface area (Å²) >= 11 is 10.3. The van der Waals surface area contributed by atoms with Crippen molar-refractivity contribution in [3.05, 3.63) is 56.6 Å². The molecule has 0 aliphatic carbocycles. The van der Waals surface area contributed by atoms with Gasteiger partial charge in [0.05, 0.1) is 12.9 Å². The number of carbonyl (C=O) groups excluding carboxylic acids is 2. The molecule has 0 aliphatic rings. The van der Waals surface area contributed by atoms with Gasteiger partial charge in [0.2, 0.25) is 5.91 Å². The summed E-state index contributed by atoms with van der Waals surface area (Å²) in [7, 11) is 1.32. The average molecular weight is 575 g/mol. The van der Waals surface area contributed by atoms with Crippen LogP contribution in [0.3, 0.4) is 0 Å². The predicted molar refractivity (Wildman–Crippen MR) is 153 cm³/mol. The summed E-state index contributed by atoms with van der Waals surface area (Å²) in [6.45, 7) is 8.47. The van der Waals surface area contributed by atoms with E-state index in [1.807, 2.05) is 22.1 Å². The van der Waals surface area contributed by atoms with Gasteiger partial charge in [-0.2, -0.15) is 0 Å². The van der Waals surface area contributed by atoms with E-state index in [-0.39, 0.29) is 17.7 Å². The number of aromatic nitrogens is 3. The first kappa shape index (κ1) is 27.4. The lowest BCUT2D eigenvalue weighted by Crippen LogP contribution is -2.16. The Morgan fingerprint density at radius 1 is 1.08 bits per heavy atom. The van der Waals surface area contributed by atoms with Gasteiger partial charge in [-0.15, -0.1) is 32.9 Å². The summed E-state index contributed by atoms with van der Waals surface area (Å²) < 4.78 is 7.05. The topological polar surface area (TPSA) is 86.1 Å². The van der Waals surface area contributed by atoms with Gasteiger partial charge in [-0.3, -0.25) is 9.36 Å². The monoisotopic (exact) mass is 574 g/mol. The number of methoxy groups -OCH3 is 1. The zero-order valence-electron chi connectivity index (χ0n) is 21.1. The van der Waals surface area contributed by atoms with Crippen LogP contribution >= 0.6 is 46.0 Å². The van der Waals surface area contributed by atoms with Gasteiger partial charge in [0.25, 0.3) is 0 Å². The van der Waals surface area contributed by atoms with Gasteiger partial charge in [0.15, 0.2) is 11.0 Å². The van der Waals surface area contributed by atoms with Crippen LogP contribution in [0.5, 0.6) is 0 Å². The Bertz CT molecular complexity index is 1410. The van der Waals surface area contributed by atoms with Crippen molar-refractivity contribution in [3.63, 3.8) is 0 Å². The molecule has 4 rings (SSSR count). The van der Waals surface area contributed by atoms with E-state index < -0.39 is 5.97 Å². The van der Waals surface area contributed by atoms with Crippen LogP contribution < -0.4 is 5.32 Å². The zero-order chi connectivity index (χ0) is 26.7. The zero-order valence-corrected chi connectivity index (χ0v) is 24.3. The van der Waals surface area contributed by atoms with Gasteiger partial charge in [-0.1, -0.05) is 49.3 Å². The highest BCUT2D eigenvalue weighted by Gasteiger charge is 2.23. The molecule has 0 saturated carbocycles. The smallest absolute Gasteiger partial charge is 0.341 e. The maximum atomic E-state index is 12.9. The minimum atomic E-state index is -0.519. The van der Waals surface area contributed by atoms with E-state index in [1.165, 1.54) is 35.1 Å². The number of rotatable bonds is 9.